The molecule has 0 amide bonds. The number of nitrogens with zero attached hydrogens (tertiary/aromatic N) is 3. The first-order valence-corrected chi connectivity index (χ1v) is 5.25. The fourth-order valence-corrected chi connectivity index (χ4v) is 1.92. The summed E-state index contributed by atoms with van der Waals surface area (Å²) in [5.41, 5.74) is 6.62. The van der Waals surface area contributed by atoms with E-state index in [-0.39, 0.29) is 6.10 Å². The largest absolute Gasteiger partial charge is 0.391 e. The second kappa shape index (κ2) is 4.55. The van der Waals surface area contributed by atoms with E-state index in [9.17, 15) is 5.11 Å². The number of aromatic nitrogens is 2. The summed E-state index contributed by atoms with van der Waals surface area (Å²) in [5, 5.41) is 17.5. The summed E-state index contributed by atoms with van der Waals surface area (Å²) in [6, 6.07) is 1.88. The average Bonchev–Trinajstić information content (AvgIpc) is 2.29. The third-order valence-corrected chi connectivity index (χ3v) is 2.70. The zero-order valence-electron chi connectivity index (χ0n) is 8.63. The molecule has 1 aromatic rings. The topological polar surface area (TPSA) is 75.3 Å². The van der Waals surface area contributed by atoms with E-state index in [0.717, 1.165) is 30.8 Å². The van der Waals surface area contributed by atoms with Gasteiger partial charge in [-0.2, -0.15) is 5.10 Å². The van der Waals surface area contributed by atoms with Crippen LogP contribution in [0, 0.1) is 0 Å². The minimum absolute atomic E-state index is 0.258. The van der Waals surface area contributed by atoms with Crippen LogP contribution in [0.1, 0.15) is 18.4 Å². The highest BCUT2D eigenvalue weighted by atomic mass is 16.3. The number of anilines is 1. The minimum Gasteiger partial charge on any atom is -0.391 e. The zero-order valence-corrected chi connectivity index (χ0v) is 8.63. The van der Waals surface area contributed by atoms with Crippen LogP contribution < -0.4 is 10.6 Å². The Hall–Kier alpha value is -1.20. The fourth-order valence-electron chi connectivity index (χ4n) is 1.92. The minimum atomic E-state index is -0.258. The summed E-state index contributed by atoms with van der Waals surface area (Å²) >= 11 is 0. The van der Waals surface area contributed by atoms with Gasteiger partial charge in [0.25, 0.3) is 0 Å². The quantitative estimate of drug-likeness (QED) is 0.709. The Morgan fingerprint density at radius 1 is 1.60 bits per heavy atom. The van der Waals surface area contributed by atoms with Gasteiger partial charge in [-0.25, -0.2) is 0 Å². The number of nitrogens with two attached hydrogens (primary N) is 1. The third kappa shape index (κ3) is 2.24. The van der Waals surface area contributed by atoms with Gasteiger partial charge in [0.05, 0.1) is 12.3 Å². The van der Waals surface area contributed by atoms with Crippen molar-refractivity contribution in [3.8, 4) is 0 Å². The van der Waals surface area contributed by atoms with E-state index in [2.05, 4.69) is 15.1 Å². The summed E-state index contributed by atoms with van der Waals surface area (Å²) < 4.78 is 0. The smallest absolute Gasteiger partial charge is 0.155 e. The highest BCUT2D eigenvalue weighted by Gasteiger charge is 2.20. The lowest BCUT2D eigenvalue weighted by atomic mass is 10.1. The third-order valence-electron chi connectivity index (χ3n) is 2.70. The maximum absolute atomic E-state index is 9.58. The lowest BCUT2D eigenvalue weighted by Crippen LogP contribution is -2.39. The highest BCUT2D eigenvalue weighted by molar-refractivity contribution is 5.45. The first kappa shape index (κ1) is 10.3. The maximum atomic E-state index is 9.58. The van der Waals surface area contributed by atoms with E-state index in [4.69, 9.17) is 5.73 Å². The van der Waals surface area contributed by atoms with Crippen molar-refractivity contribution in [3.05, 3.63) is 17.8 Å². The Kier molecular flexibility index (Phi) is 3.13. The average molecular weight is 208 g/mol. The Morgan fingerprint density at radius 2 is 2.47 bits per heavy atom. The zero-order chi connectivity index (χ0) is 10.7. The van der Waals surface area contributed by atoms with Gasteiger partial charge in [-0.1, -0.05) is 0 Å². The number of aliphatic hydroxyl groups excluding tert-OH is 1. The number of rotatable bonds is 2. The molecule has 3 N–H and O–H groups in total. The van der Waals surface area contributed by atoms with Gasteiger partial charge in [-0.05, 0) is 18.9 Å². The number of hydrogen-bond donors (Lipinski definition) is 2. The first-order valence-electron chi connectivity index (χ1n) is 5.25. The van der Waals surface area contributed by atoms with Crippen LogP contribution >= 0.6 is 0 Å². The molecule has 15 heavy (non-hydrogen) atoms. The standard InChI is InChI=1S/C10H16N4O/c11-6-8-3-4-12-13-10(8)14-5-1-2-9(15)7-14/h3-4,9,15H,1-2,5-7,11H2. The molecule has 1 fully saturated rings. The molecule has 1 atom stereocenters. The van der Waals surface area contributed by atoms with Crippen LogP contribution in [-0.2, 0) is 6.54 Å². The predicted molar refractivity (Wildman–Crippen MR) is 57.4 cm³/mol. The SMILES string of the molecule is NCc1ccnnc1N1CCCC(O)C1. The number of aliphatic hydroxyl groups is 1. The number of β-amino-alcohol motifs (C(OH)–C–C–N with tert-alkyl or cyclic N) is 1. The van der Waals surface area contributed by atoms with Gasteiger partial charge >= 0.3 is 0 Å². The normalized spacial score (nSPS) is 21.7. The molecule has 0 spiro atoms. The summed E-state index contributed by atoms with van der Waals surface area (Å²) in [4.78, 5) is 2.06. The van der Waals surface area contributed by atoms with Gasteiger partial charge in [-0.15, -0.1) is 5.10 Å². The Bertz CT molecular complexity index is 331. The molecule has 1 aliphatic heterocycles. The van der Waals surface area contributed by atoms with Crippen LogP contribution in [-0.4, -0.2) is 34.5 Å². The monoisotopic (exact) mass is 208 g/mol. The molecule has 1 aliphatic rings. The maximum Gasteiger partial charge on any atom is 0.155 e. The van der Waals surface area contributed by atoms with Gasteiger partial charge in [0.1, 0.15) is 0 Å². The van der Waals surface area contributed by atoms with Gasteiger partial charge in [0.2, 0.25) is 0 Å². The molecular weight excluding hydrogens is 192 g/mol. The molecule has 0 saturated carbocycles. The molecule has 0 bridgehead atoms. The van der Waals surface area contributed by atoms with Crippen LogP contribution in [0.2, 0.25) is 0 Å². The molecule has 0 radical (unpaired) electrons. The Morgan fingerprint density at radius 3 is 3.20 bits per heavy atom. The lowest BCUT2D eigenvalue weighted by Gasteiger charge is -2.31. The van der Waals surface area contributed by atoms with E-state index in [1.54, 1.807) is 6.20 Å². The summed E-state index contributed by atoms with van der Waals surface area (Å²) in [6.07, 6.45) is 3.24. The van der Waals surface area contributed by atoms with E-state index < -0.39 is 0 Å². The molecule has 0 aliphatic carbocycles. The van der Waals surface area contributed by atoms with Crippen LogP contribution in [0.15, 0.2) is 12.3 Å². The molecular formula is C10H16N4O. The van der Waals surface area contributed by atoms with Crippen LogP contribution in [0.25, 0.3) is 0 Å². The summed E-state index contributed by atoms with van der Waals surface area (Å²) in [5.74, 6) is 0.818. The molecule has 5 nitrogen and oxygen atoms in total. The molecule has 2 rings (SSSR count). The Balaban J connectivity index is 2.20. The lowest BCUT2D eigenvalue weighted by molar-refractivity contribution is 0.153. The number of piperidine rings is 1. The van der Waals surface area contributed by atoms with E-state index in [1.165, 1.54) is 0 Å². The van der Waals surface area contributed by atoms with Crippen molar-refractivity contribution in [1.29, 1.82) is 0 Å². The van der Waals surface area contributed by atoms with Crippen molar-refractivity contribution >= 4 is 5.82 Å². The van der Waals surface area contributed by atoms with Crippen LogP contribution in [0.4, 0.5) is 5.82 Å². The van der Waals surface area contributed by atoms with E-state index >= 15 is 0 Å². The van der Waals surface area contributed by atoms with E-state index in [1.807, 2.05) is 6.07 Å². The molecule has 1 saturated heterocycles. The number of hydrogen-bond acceptors (Lipinski definition) is 5. The molecule has 2 heterocycles. The van der Waals surface area contributed by atoms with Crippen LogP contribution in [0.5, 0.6) is 0 Å². The molecule has 82 valence electrons. The van der Waals surface area contributed by atoms with Crippen molar-refractivity contribution in [2.75, 3.05) is 18.0 Å². The van der Waals surface area contributed by atoms with Gasteiger partial charge in [0.15, 0.2) is 5.82 Å². The summed E-state index contributed by atoms with van der Waals surface area (Å²) in [7, 11) is 0. The highest BCUT2D eigenvalue weighted by Crippen LogP contribution is 2.20. The second-order valence-corrected chi connectivity index (χ2v) is 3.83. The van der Waals surface area contributed by atoms with Crippen molar-refractivity contribution in [2.24, 2.45) is 5.73 Å². The molecule has 5 heteroatoms. The predicted octanol–water partition coefficient (Wildman–Crippen LogP) is -0.104. The van der Waals surface area contributed by atoms with E-state index in [0.29, 0.717) is 13.1 Å². The van der Waals surface area contributed by atoms with Crippen LogP contribution in [0.3, 0.4) is 0 Å². The fraction of sp³-hybridized carbons (Fsp3) is 0.600. The molecule has 1 aromatic heterocycles. The Labute approximate surface area is 88.9 Å². The molecule has 1 unspecified atom stereocenters. The molecule has 0 aromatic carbocycles. The van der Waals surface area contributed by atoms with Gasteiger partial charge in [0, 0.05) is 25.2 Å². The summed E-state index contributed by atoms with van der Waals surface area (Å²) in [6.45, 7) is 2.01. The van der Waals surface area contributed by atoms with Gasteiger partial charge in [-0.3, -0.25) is 0 Å². The van der Waals surface area contributed by atoms with Gasteiger partial charge < -0.3 is 15.7 Å². The van der Waals surface area contributed by atoms with Crippen molar-refractivity contribution in [1.82, 2.24) is 10.2 Å². The van der Waals surface area contributed by atoms with Crippen molar-refractivity contribution in [3.63, 3.8) is 0 Å². The van der Waals surface area contributed by atoms with Crippen molar-refractivity contribution < 1.29 is 5.11 Å². The first-order chi connectivity index (χ1) is 7.31. The van der Waals surface area contributed by atoms with Crippen molar-refractivity contribution in [2.45, 2.75) is 25.5 Å². The second-order valence-electron chi connectivity index (χ2n) is 3.83.